The van der Waals surface area contributed by atoms with Gasteiger partial charge in [-0.25, -0.2) is 4.79 Å². The number of carbonyl (C=O) groups excluding carboxylic acids is 1. The molecule has 0 bridgehead atoms. The van der Waals surface area contributed by atoms with Crippen LogP contribution >= 0.6 is 23.2 Å². The molecule has 2 aromatic rings. The second kappa shape index (κ2) is 7.41. The number of ether oxygens (including phenoxy) is 2. The summed E-state index contributed by atoms with van der Waals surface area (Å²) in [4.78, 5) is 14.2. The molecule has 160 valence electrons. The number of amides is 1. The lowest BCUT2D eigenvalue weighted by atomic mass is 9.83. The van der Waals surface area contributed by atoms with Crippen molar-refractivity contribution in [1.82, 2.24) is 4.90 Å². The summed E-state index contributed by atoms with van der Waals surface area (Å²) >= 11 is 12.4. The average molecular weight is 450 g/mol. The predicted octanol–water partition coefficient (Wildman–Crippen LogP) is 5.44. The molecule has 2 heterocycles. The van der Waals surface area contributed by atoms with Gasteiger partial charge in [-0.3, -0.25) is 0 Å². The summed E-state index contributed by atoms with van der Waals surface area (Å²) < 4.78 is 11.9. The number of likely N-dealkylation sites (tertiary alicyclic amines) is 1. The standard InChI is InChI=1S/C23H25Cl2NO4/c1-21(2,3)29-20(27)26-10-8-22(9-11-26)18-6-4-5-7-19(18)23(28,30-22)15-12-16(24)14-17(25)13-15/h4-7,12-14,28H,8-11H2,1-3H3. The Hall–Kier alpha value is -1.79. The van der Waals surface area contributed by atoms with E-state index in [1.54, 1.807) is 23.1 Å². The summed E-state index contributed by atoms with van der Waals surface area (Å²) in [5.41, 5.74) is 0.827. The molecule has 0 radical (unpaired) electrons. The minimum absolute atomic E-state index is 0.333. The highest BCUT2D eigenvalue weighted by Crippen LogP contribution is 2.53. The third-order valence-electron chi connectivity index (χ3n) is 5.60. The van der Waals surface area contributed by atoms with E-state index in [4.69, 9.17) is 32.7 Å². The molecule has 7 heteroatoms. The Kier molecular flexibility index (Phi) is 5.30. The zero-order chi connectivity index (χ0) is 21.7. The first kappa shape index (κ1) is 21.4. The van der Waals surface area contributed by atoms with Crippen LogP contribution in [-0.2, 0) is 20.9 Å². The summed E-state index contributed by atoms with van der Waals surface area (Å²) in [5, 5.41) is 12.5. The molecule has 1 spiro atoms. The molecule has 0 aromatic heterocycles. The smallest absolute Gasteiger partial charge is 0.410 e. The van der Waals surface area contributed by atoms with E-state index >= 15 is 0 Å². The van der Waals surface area contributed by atoms with Crippen LogP contribution in [0.2, 0.25) is 10.0 Å². The maximum Gasteiger partial charge on any atom is 0.410 e. The lowest BCUT2D eigenvalue weighted by Gasteiger charge is -2.40. The number of hydrogen-bond acceptors (Lipinski definition) is 4. The molecule has 1 N–H and O–H groups in total. The lowest BCUT2D eigenvalue weighted by Crippen LogP contribution is -2.47. The summed E-state index contributed by atoms with van der Waals surface area (Å²) in [6.45, 7) is 6.49. The first-order valence-electron chi connectivity index (χ1n) is 9.99. The first-order valence-corrected chi connectivity index (χ1v) is 10.8. The van der Waals surface area contributed by atoms with Gasteiger partial charge in [-0.05, 0) is 57.4 Å². The molecule has 1 atom stereocenters. The fraction of sp³-hybridized carbons (Fsp3) is 0.435. The van der Waals surface area contributed by atoms with Crippen molar-refractivity contribution in [2.75, 3.05) is 13.1 Å². The molecule has 2 aliphatic rings. The Morgan fingerprint density at radius 3 is 2.20 bits per heavy atom. The van der Waals surface area contributed by atoms with Gasteiger partial charge in [0.15, 0.2) is 0 Å². The Morgan fingerprint density at radius 2 is 1.63 bits per heavy atom. The second-order valence-corrected chi connectivity index (χ2v) is 9.78. The van der Waals surface area contributed by atoms with Crippen molar-refractivity contribution < 1.29 is 19.4 Å². The molecule has 1 amide bonds. The van der Waals surface area contributed by atoms with Crippen molar-refractivity contribution in [2.45, 2.75) is 50.6 Å². The fourth-order valence-electron chi connectivity index (χ4n) is 4.28. The number of fused-ring (bicyclic) bond motifs is 2. The second-order valence-electron chi connectivity index (χ2n) is 8.91. The van der Waals surface area contributed by atoms with E-state index in [1.165, 1.54) is 0 Å². The van der Waals surface area contributed by atoms with Gasteiger partial charge < -0.3 is 19.5 Å². The molecule has 5 nitrogen and oxygen atoms in total. The normalized spacial score (nSPS) is 22.8. The Bertz CT molecular complexity index is 959. The largest absolute Gasteiger partial charge is 0.444 e. The molecular formula is C23H25Cl2NO4. The van der Waals surface area contributed by atoms with Crippen molar-refractivity contribution in [3.8, 4) is 0 Å². The molecule has 1 fully saturated rings. The molecule has 0 saturated carbocycles. The summed E-state index contributed by atoms with van der Waals surface area (Å²) in [6, 6.07) is 12.6. The van der Waals surface area contributed by atoms with E-state index in [9.17, 15) is 9.90 Å². The molecule has 30 heavy (non-hydrogen) atoms. The van der Waals surface area contributed by atoms with Crippen LogP contribution in [0.4, 0.5) is 4.79 Å². The molecule has 0 aliphatic carbocycles. The number of aliphatic hydroxyl groups is 1. The van der Waals surface area contributed by atoms with Crippen molar-refractivity contribution in [2.24, 2.45) is 0 Å². The highest BCUT2D eigenvalue weighted by atomic mass is 35.5. The maximum absolute atomic E-state index is 12.5. The van der Waals surface area contributed by atoms with Crippen molar-refractivity contribution in [3.63, 3.8) is 0 Å². The van der Waals surface area contributed by atoms with Crippen LogP contribution in [0.25, 0.3) is 0 Å². The monoisotopic (exact) mass is 449 g/mol. The number of hydrogen-bond donors (Lipinski definition) is 1. The number of benzene rings is 2. The molecule has 2 aliphatic heterocycles. The summed E-state index contributed by atoms with van der Waals surface area (Å²) in [6.07, 6.45) is 0.750. The Labute approximate surface area is 186 Å². The van der Waals surface area contributed by atoms with Gasteiger partial charge in [0, 0.05) is 34.3 Å². The van der Waals surface area contributed by atoms with E-state index in [0.29, 0.717) is 47.1 Å². The summed E-state index contributed by atoms with van der Waals surface area (Å²) in [5.74, 6) is -1.67. The van der Waals surface area contributed by atoms with Crippen LogP contribution in [0.3, 0.4) is 0 Å². The summed E-state index contributed by atoms with van der Waals surface area (Å²) in [7, 11) is 0. The van der Waals surface area contributed by atoms with Crippen LogP contribution in [0, 0.1) is 0 Å². The highest BCUT2D eigenvalue weighted by molar-refractivity contribution is 6.34. The SMILES string of the molecule is CC(C)(C)OC(=O)N1CCC2(CC1)OC(O)(c1cc(Cl)cc(Cl)c1)c1ccccc12. The predicted molar refractivity (Wildman–Crippen MR) is 116 cm³/mol. The Morgan fingerprint density at radius 1 is 1.07 bits per heavy atom. The van der Waals surface area contributed by atoms with Gasteiger partial charge in [-0.15, -0.1) is 0 Å². The van der Waals surface area contributed by atoms with Crippen LogP contribution in [0.5, 0.6) is 0 Å². The van der Waals surface area contributed by atoms with Gasteiger partial charge in [0.25, 0.3) is 0 Å². The molecule has 1 saturated heterocycles. The van der Waals surface area contributed by atoms with Crippen LogP contribution in [-0.4, -0.2) is 34.8 Å². The number of rotatable bonds is 1. The molecule has 4 rings (SSSR count). The van der Waals surface area contributed by atoms with Crippen molar-refractivity contribution in [3.05, 3.63) is 69.2 Å². The molecular weight excluding hydrogens is 425 g/mol. The molecule has 1 unspecified atom stereocenters. The minimum atomic E-state index is -1.67. The minimum Gasteiger partial charge on any atom is -0.444 e. The topological polar surface area (TPSA) is 59.0 Å². The van der Waals surface area contributed by atoms with Gasteiger partial charge in [0.2, 0.25) is 5.79 Å². The number of nitrogens with zero attached hydrogens (tertiary/aromatic N) is 1. The van der Waals surface area contributed by atoms with Crippen LogP contribution in [0.15, 0.2) is 42.5 Å². The van der Waals surface area contributed by atoms with Crippen LogP contribution < -0.4 is 0 Å². The number of halogens is 2. The van der Waals surface area contributed by atoms with E-state index in [-0.39, 0.29) is 6.09 Å². The van der Waals surface area contributed by atoms with Crippen molar-refractivity contribution in [1.29, 1.82) is 0 Å². The van der Waals surface area contributed by atoms with E-state index in [1.807, 2.05) is 45.0 Å². The fourth-order valence-corrected chi connectivity index (χ4v) is 4.81. The third kappa shape index (κ3) is 3.80. The van der Waals surface area contributed by atoms with E-state index in [2.05, 4.69) is 0 Å². The van der Waals surface area contributed by atoms with Gasteiger partial charge in [0.1, 0.15) is 11.2 Å². The molecule has 2 aromatic carbocycles. The third-order valence-corrected chi connectivity index (χ3v) is 6.04. The van der Waals surface area contributed by atoms with Gasteiger partial charge in [-0.2, -0.15) is 0 Å². The maximum atomic E-state index is 12.5. The zero-order valence-electron chi connectivity index (χ0n) is 17.2. The van der Waals surface area contributed by atoms with Gasteiger partial charge in [0.05, 0.1) is 0 Å². The first-order chi connectivity index (χ1) is 14.0. The van der Waals surface area contributed by atoms with E-state index < -0.39 is 17.0 Å². The van der Waals surface area contributed by atoms with Gasteiger partial charge >= 0.3 is 6.09 Å². The van der Waals surface area contributed by atoms with E-state index in [0.717, 1.165) is 5.56 Å². The zero-order valence-corrected chi connectivity index (χ0v) is 18.8. The van der Waals surface area contributed by atoms with Crippen LogP contribution in [0.1, 0.15) is 50.3 Å². The van der Waals surface area contributed by atoms with Gasteiger partial charge in [-0.1, -0.05) is 47.5 Å². The average Bonchev–Trinajstić information content (AvgIpc) is 2.90. The lowest BCUT2D eigenvalue weighted by molar-refractivity contribution is -0.243. The Balaban J connectivity index is 1.65. The number of piperidine rings is 1. The van der Waals surface area contributed by atoms with Crippen molar-refractivity contribution >= 4 is 29.3 Å². The number of carbonyl (C=O) groups is 1. The highest BCUT2D eigenvalue weighted by Gasteiger charge is 2.55. The quantitative estimate of drug-likeness (QED) is 0.629.